The number of nitrogens with two attached hydrogens (primary N) is 2. The summed E-state index contributed by atoms with van der Waals surface area (Å²) in [7, 11) is 0. The first-order chi connectivity index (χ1) is 10.1. The molecule has 4 N–H and O–H groups in total. The van der Waals surface area contributed by atoms with Gasteiger partial charge in [0.2, 0.25) is 5.91 Å². The summed E-state index contributed by atoms with van der Waals surface area (Å²) in [5.74, 6) is 0.924. The lowest BCUT2D eigenvalue weighted by Gasteiger charge is -2.33. The Bertz CT molecular complexity index is 380. The molecular weight excluding hydrogens is 262 g/mol. The van der Waals surface area contributed by atoms with E-state index in [0.29, 0.717) is 5.92 Å². The summed E-state index contributed by atoms with van der Waals surface area (Å²) in [6, 6.07) is 0.801. The number of rotatable bonds is 5. The van der Waals surface area contributed by atoms with E-state index in [0.717, 1.165) is 44.2 Å². The first kappa shape index (κ1) is 15.3. The van der Waals surface area contributed by atoms with Crippen molar-refractivity contribution in [2.24, 2.45) is 23.3 Å². The van der Waals surface area contributed by atoms with Crippen LogP contribution in [0.2, 0.25) is 0 Å². The van der Waals surface area contributed by atoms with Crippen LogP contribution in [0.25, 0.3) is 0 Å². The maximum absolute atomic E-state index is 11.7. The summed E-state index contributed by atoms with van der Waals surface area (Å²) < 4.78 is 0. The Hall–Kier alpha value is -0.610. The molecule has 2 saturated carbocycles. The normalized spacial score (nSPS) is 38.3. The highest BCUT2D eigenvalue weighted by molar-refractivity contribution is 5.85. The summed E-state index contributed by atoms with van der Waals surface area (Å²) in [6.07, 6.45) is 12.4. The van der Waals surface area contributed by atoms with Gasteiger partial charge in [-0.1, -0.05) is 19.3 Å². The molecule has 3 fully saturated rings. The Kier molecular flexibility index (Phi) is 4.55. The zero-order valence-corrected chi connectivity index (χ0v) is 13.2. The van der Waals surface area contributed by atoms with Crippen molar-refractivity contribution >= 4 is 5.91 Å². The second kappa shape index (κ2) is 6.25. The highest BCUT2D eigenvalue weighted by Crippen LogP contribution is 2.38. The number of carbonyl (C=O) groups excluding carboxylic acids is 1. The number of carbonyl (C=O) groups is 1. The molecule has 0 aromatic heterocycles. The van der Waals surface area contributed by atoms with Crippen LogP contribution < -0.4 is 11.5 Å². The lowest BCUT2D eigenvalue weighted by atomic mass is 9.84. The highest BCUT2D eigenvalue weighted by atomic mass is 16.1. The minimum Gasteiger partial charge on any atom is -0.368 e. The largest absolute Gasteiger partial charge is 0.368 e. The molecule has 1 aliphatic heterocycles. The third kappa shape index (κ3) is 2.98. The molecule has 3 aliphatic rings. The fourth-order valence-corrected chi connectivity index (χ4v) is 5.16. The third-order valence-corrected chi connectivity index (χ3v) is 6.45. The van der Waals surface area contributed by atoms with Crippen LogP contribution in [0.1, 0.15) is 64.2 Å². The number of hydrogen-bond acceptors (Lipinski definition) is 3. The summed E-state index contributed by atoms with van der Waals surface area (Å²) in [5.41, 5.74) is 11.1. The van der Waals surface area contributed by atoms with Crippen LogP contribution in [0.5, 0.6) is 0 Å². The van der Waals surface area contributed by atoms with Crippen LogP contribution in [0.15, 0.2) is 0 Å². The van der Waals surface area contributed by atoms with E-state index in [1.54, 1.807) is 0 Å². The molecule has 4 heteroatoms. The minimum absolute atomic E-state index is 0.292. The fraction of sp³-hybridized carbons (Fsp3) is 0.941. The van der Waals surface area contributed by atoms with Crippen LogP contribution >= 0.6 is 0 Å². The number of likely N-dealkylation sites (tertiary alicyclic amines) is 1. The van der Waals surface area contributed by atoms with E-state index in [1.807, 2.05) is 0 Å². The molecule has 0 radical (unpaired) electrons. The molecule has 1 heterocycles. The first-order valence-corrected chi connectivity index (χ1v) is 8.94. The minimum atomic E-state index is -0.734. The summed E-state index contributed by atoms with van der Waals surface area (Å²) in [5, 5.41) is 0. The smallest absolute Gasteiger partial charge is 0.237 e. The third-order valence-electron chi connectivity index (χ3n) is 6.45. The van der Waals surface area contributed by atoms with Crippen LogP contribution in [0.3, 0.4) is 0 Å². The number of amides is 1. The van der Waals surface area contributed by atoms with Gasteiger partial charge < -0.3 is 16.4 Å². The van der Waals surface area contributed by atoms with Gasteiger partial charge in [-0.15, -0.1) is 0 Å². The van der Waals surface area contributed by atoms with Crippen molar-refractivity contribution < 1.29 is 4.79 Å². The second-order valence-electron chi connectivity index (χ2n) is 7.57. The lowest BCUT2D eigenvalue weighted by Crippen LogP contribution is -2.55. The zero-order valence-electron chi connectivity index (χ0n) is 13.2. The van der Waals surface area contributed by atoms with E-state index in [-0.39, 0.29) is 5.91 Å². The molecule has 3 unspecified atom stereocenters. The van der Waals surface area contributed by atoms with Gasteiger partial charge in [-0.05, 0) is 69.9 Å². The van der Waals surface area contributed by atoms with Crippen molar-refractivity contribution in [1.29, 1.82) is 0 Å². The van der Waals surface area contributed by atoms with E-state index in [4.69, 9.17) is 11.5 Å². The summed E-state index contributed by atoms with van der Waals surface area (Å²) in [6.45, 7) is 2.35. The Morgan fingerprint density at radius 2 is 1.86 bits per heavy atom. The molecule has 1 saturated heterocycles. The molecule has 3 atom stereocenters. The van der Waals surface area contributed by atoms with Gasteiger partial charge in [0.15, 0.2) is 0 Å². The Labute approximate surface area is 128 Å². The van der Waals surface area contributed by atoms with Crippen molar-refractivity contribution in [3.63, 3.8) is 0 Å². The van der Waals surface area contributed by atoms with Gasteiger partial charge in [0.1, 0.15) is 0 Å². The maximum Gasteiger partial charge on any atom is 0.237 e. The number of hydrogen-bond donors (Lipinski definition) is 2. The van der Waals surface area contributed by atoms with Gasteiger partial charge >= 0.3 is 0 Å². The van der Waals surface area contributed by atoms with E-state index < -0.39 is 5.54 Å². The van der Waals surface area contributed by atoms with Gasteiger partial charge in [0.25, 0.3) is 0 Å². The van der Waals surface area contributed by atoms with Crippen LogP contribution in [-0.4, -0.2) is 35.5 Å². The predicted molar refractivity (Wildman–Crippen MR) is 84.6 cm³/mol. The summed E-state index contributed by atoms with van der Waals surface area (Å²) >= 11 is 0. The molecule has 21 heavy (non-hydrogen) atoms. The number of primary amides is 1. The first-order valence-electron chi connectivity index (χ1n) is 8.94. The standard InChI is InChI=1S/C17H31N3O/c18-16(21)17(19)10-3-7-14(17)9-12-20-11-4-8-15(20)13-5-1-2-6-13/h13-15H,1-12,19H2,(H2,18,21). The van der Waals surface area contributed by atoms with E-state index in [2.05, 4.69) is 4.90 Å². The molecular formula is C17H31N3O. The van der Waals surface area contributed by atoms with Crippen molar-refractivity contribution in [2.75, 3.05) is 13.1 Å². The molecule has 120 valence electrons. The van der Waals surface area contributed by atoms with Crippen molar-refractivity contribution in [2.45, 2.75) is 75.8 Å². The van der Waals surface area contributed by atoms with E-state index in [9.17, 15) is 4.79 Å². The Morgan fingerprint density at radius 3 is 2.57 bits per heavy atom. The maximum atomic E-state index is 11.7. The fourth-order valence-electron chi connectivity index (χ4n) is 5.16. The van der Waals surface area contributed by atoms with E-state index in [1.165, 1.54) is 45.1 Å². The van der Waals surface area contributed by atoms with Crippen molar-refractivity contribution in [1.82, 2.24) is 4.90 Å². The van der Waals surface area contributed by atoms with Crippen LogP contribution in [0, 0.1) is 11.8 Å². The molecule has 0 aromatic rings. The van der Waals surface area contributed by atoms with E-state index >= 15 is 0 Å². The van der Waals surface area contributed by atoms with Crippen molar-refractivity contribution in [3.8, 4) is 0 Å². The Balaban J connectivity index is 1.55. The van der Waals surface area contributed by atoms with Gasteiger partial charge in [-0.2, -0.15) is 0 Å². The zero-order chi connectivity index (χ0) is 14.9. The highest BCUT2D eigenvalue weighted by Gasteiger charge is 2.44. The van der Waals surface area contributed by atoms with Gasteiger partial charge in [-0.25, -0.2) is 0 Å². The number of nitrogens with zero attached hydrogens (tertiary/aromatic N) is 1. The molecule has 3 rings (SSSR count). The monoisotopic (exact) mass is 293 g/mol. The lowest BCUT2D eigenvalue weighted by molar-refractivity contribution is -0.124. The molecule has 0 aromatic carbocycles. The Morgan fingerprint density at radius 1 is 1.10 bits per heavy atom. The predicted octanol–water partition coefficient (Wildman–Crippen LogP) is 2.01. The second-order valence-corrected chi connectivity index (χ2v) is 7.57. The topological polar surface area (TPSA) is 72.3 Å². The molecule has 4 nitrogen and oxygen atoms in total. The van der Waals surface area contributed by atoms with Crippen LogP contribution in [0.4, 0.5) is 0 Å². The van der Waals surface area contributed by atoms with Crippen LogP contribution in [-0.2, 0) is 4.79 Å². The summed E-state index contributed by atoms with van der Waals surface area (Å²) in [4.78, 5) is 14.4. The molecule has 0 bridgehead atoms. The van der Waals surface area contributed by atoms with Gasteiger partial charge in [-0.3, -0.25) is 4.79 Å². The molecule has 2 aliphatic carbocycles. The SMILES string of the molecule is NC(=O)C1(N)CCCC1CCN1CCCC1C1CCCC1. The quantitative estimate of drug-likeness (QED) is 0.814. The average molecular weight is 293 g/mol. The molecule has 1 amide bonds. The van der Waals surface area contributed by atoms with Crippen molar-refractivity contribution in [3.05, 3.63) is 0 Å². The average Bonchev–Trinajstić information content (AvgIpc) is 3.17. The van der Waals surface area contributed by atoms with Gasteiger partial charge in [0, 0.05) is 6.04 Å². The van der Waals surface area contributed by atoms with Gasteiger partial charge in [0.05, 0.1) is 5.54 Å². The molecule has 0 spiro atoms.